The average Bonchev–Trinajstić information content (AvgIpc) is 2.35. The maximum Gasteiger partial charge on any atom is 0.319 e. The third-order valence-corrected chi connectivity index (χ3v) is 5.49. The molecule has 1 amide bonds. The van der Waals surface area contributed by atoms with Crippen molar-refractivity contribution in [3.8, 4) is 5.75 Å². The third kappa shape index (κ3) is 2.90. The second-order valence-electron chi connectivity index (χ2n) is 5.79. The molecule has 0 bridgehead atoms. The van der Waals surface area contributed by atoms with Gasteiger partial charge in [0.1, 0.15) is 16.1 Å². The minimum Gasteiger partial charge on any atom is -0.495 e. The van der Waals surface area contributed by atoms with E-state index >= 15 is 0 Å². The highest BCUT2D eigenvalue weighted by Crippen LogP contribution is 2.42. The van der Waals surface area contributed by atoms with Crippen molar-refractivity contribution in [2.24, 2.45) is 5.41 Å². The van der Waals surface area contributed by atoms with Crippen LogP contribution in [-0.2, 0) is 19.6 Å². The Balaban J connectivity index is 2.40. The first kappa shape index (κ1) is 17.3. The molecular weight excluding hydrogens is 322 g/mol. The summed E-state index contributed by atoms with van der Waals surface area (Å²) in [6.45, 7) is 3.41. The van der Waals surface area contributed by atoms with E-state index in [1.807, 2.05) is 4.72 Å². The number of carbonyl (C=O) groups excluding carboxylic acids is 1. The zero-order valence-corrected chi connectivity index (χ0v) is 14.0. The van der Waals surface area contributed by atoms with Gasteiger partial charge in [-0.25, -0.2) is 13.1 Å². The van der Waals surface area contributed by atoms with Crippen LogP contribution in [-0.4, -0.2) is 32.5 Å². The molecule has 0 atom stereocenters. The van der Waals surface area contributed by atoms with Crippen molar-refractivity contribution < 1.29 is 27.9 Å². The monoisotopic (exact) mass is 341 g/mol. The van der Waals surface area contributed by atoms with Crippen molar-refractivity contribution in [3.63, 3.8) is 0 Å². The molecule has 126 valence electrons. The molecule has 7 nitrogen and oxygen atoms in total. The molecule has 2 rings (SSSR count). The summed E-state index contributed by atoms with van der Waals surface area (Å²) in [6, 6.07) is 3.14. The highest BCUT2D eigenvalue weighted by molar-refractivity contribution is 7.90. The van der Waals surface area contributed by atoms with Gasteiger partial charge in [0.25, 0.3) is 15.9 Å². The number of hydrogen-bond acceptors (Lipinski definition) is 5. The predicted molar refractivity (Wildman–Crippen MR) is 81.7 cm³/mol. The summed E-state index contributed by atoms with van der Waals surface area (Å²) in [5, 5.41) is 9.23. The number of sulfonamides is 1. The maximum atomic E-state index is 12.5. The van der Waals surface area contributed by atoms with Crippen LogP contribution in [0.1, 0.15) is 30.4 Å². The van der Waals surface area contributed by atoms with E-state index in [1.54, 1.807) is 19.9 Å². The number of methoxy groups -OCH3 is 1. The lowest BCUT2D eigenvalue weighted by atomic mass is 9.68. The summed E-state index contributed by atoms with van der Waals surface area (Å²) >= 11 is 0. The molecule has 1 aromatic carbocycles. The molecule has 1 saturated carbocycles. The molecule has 0 spiro atoms. The Morgan fingerprint density at radius 1 is 1.26 bits per heavy atom. The van der Waals surface area contributed by atoms with Crippen LogP contribution in [0.3, 0.4) is 0 Å². The lowest BCUT2D eigenvalue weighted by Gasteiger charge is -2.35. The van der Waals surface area contributed by atoms with Crippen molar-refractivity contribution in [1.29, 1.82) is 0 Å². The molecule has 1 aliphatic rings. The second-order valence-corrected chi connectivity index (χ2v) is 7.44. The molecular formula is C15H19NO6S. The van der Waals surface area contributed by atoms with Crippen LogP contribution in [0.5, 0.6) is 5.75 Å². The summed E-state index contributed by atoms with van der Waals surface area (Å²) < 4.78 is 32.1. The smallest absolute Gasteiger partial charge is 0.319 e. The lowest BCUT2D eigenvalue weighted by Crippen LogP contribution is -2.52. The summed E-state index contributed by atoms with van der Waals surface area (Å²) in [5.41, 5.74) is -0.358. The topological polar surface area (TPSA) is 110 Å². The number of carboxylic acids is 1. The van der Waals surface area contributed by atoms with Gasteiger partial charge in [0.15, 0.2) is 0 Å². The first-order valence-electron chi connectivity index (χ1n) is 7.10. The van der Waals surface area contributed by atoms with Gasteiger partial charge in [0.2, 0.25) is 0 Å². The Kier molecular flexibility index (Phi) is 4.39. The average molecular weight is 341 g/mol. The minimum absolute atomic E-state index is 0.133. The Labute approximate surface area is 134 Å². The molecule has 0 aromatic heterocycles. The van der Waals surface area contributed by atoms with Gasteiger partial charge in [-0.15, -0.1) is 0 Å². The highest BCUT2D eigenvalue weighted by atomic mass is 32.2. The van der Waals surface area contributed by atoms with E-state index < -0.39 is 27.3 Å². The second kappa shape index (κ2) is 5.84. The molecule has 23 heavy (non-hydrogen) atoms. The van der Waals surface area contributed by atoms with Gasteiger partial charge in [-0.1, -0.05) is 12.5 Å². The molecule has 8 heteroatoms. The molecule has 1 aliphatic carbocycles. The molecule has 0 unspecified atom stereocenters. The number of carboxylic acid groups (broad SMARTS) is 1. The molecule has 2 N–H and O–H groups in total. The largest absolute Gasteiger partial charge is 0.495 e. The Morgan fingerprint density at radius 3 is 2.30 bits per heavy atom. The normalized spacial score (nSPS) is 16.3. The predicted octanol–water partition coefficient (Wildman–Crippen LogP) is 1.37. The Bertz CT molecular complexity index is 764. The van der Waals surface area contributed by atoms with Gasteiger partial charge >= 0.3 is 5.97 Å². The molecule has 0 aliphatic heterocycles. The van der Waals surface area contributed by atoms with Crippen molar-refractivity contribution in [1.82, 2.24) is 4.72 Å². The van der Waals surface area contributed by atoms with E-state index in [1.165, 1.54) is 13.2 Å². The number of carbonyl (C=O) groups is 2. The molecule has 0 radical (unpaired) electrons. The van der Waals surface area contributed by atoms with E-state index in [0.717, 1.165) is 0 Å². The van der Waals surface area contributed by atoms with Crippen LogP contribution < -0.4 is 9.46 Å². The quantitative estimate of drug-likeness (QED) is 0.783. The van der Waals surface area contributed by atoms with Crippen LogP contribution in [0.25, 0.3) is 0 Å². The zero-order valence-electron chi connectivity index (χ0n) is 13.2. The summed E-state index contributed by atoms with van der Waals surface area (Å²) in [4.78, 5) is 23.4. The fourth-order valence-corrected chi connectivity index (χ4v) is 4.10. The molecule has 1 fully saturated rings. The number of rotatable bonds is 5. The van der Waals surface area contributed by atoms with Crippen LogP contribution in [0, 0.1) is 19.3 Å². The Morgan fingerprint density at radius 2 is 1.87 bits per heavy atom. The standard InChI is InChI=1S/C15H19NO6S/c1-9-7-10(2)12(22-3)11(8-9)23(20,21)16-13(17)15(14(18)19)5-4-6-15/h7-8H,4-6H2,1-3H3,(H,16,17)(H,18,19). The van der Waals surface area contributed by atoms with Gasteiger partial charge in [0, 0.05) is 0 Å². The van der Waals surface area contributed by atoms with E-state index in [4.69, 9.17) is 4.74 Å². The number of aliphatic carboxylic acids is 1. The first-order chi connectivity index (χ1) is 10.6. The lowest BCUT2D eigenvalue weighted by molar-refractivity contribution is -0.161. The number of hydrogen-bond donors (Lipinski definition) is 2. The maximum absolute atomic E-state index is 12.5. The van der Waals surface area contributed by atoms with Crippen molar-refractivity contribution in [2.75, 3.05) is 7.11 Å². The highest BCUT2D eigenvalue weighted by Gasteiger charge is 2.52. The fourth-order valence-electron chi connectivity index (χ4n) is 2.72. The van der Waals surface area contributed by atoms with Crippen molar-refractivity contribution >= 4 is 21.9 Å². The molecule has 1 aromatic rings. The van der Waals surface area contributed by atoms with Crippen molar-refractivity contribution in [2.45, 2.75) is 38.0 Å². The summed E-state index contributed by atoms with van der Waals surface area (Å²) in [5.74, 6) is -2.17. The van der Waals surface area contributed by atoms with Gasteiger partial charge in [-0.2, -0.15) is 0 Å². The molecule has 0 heterocycles. The van der Waals surface area contributed by atoms with Gasteiger partial charge in [-0.3, -0.25) is 9.59 Å². The molecule has 0 saturated heterocycles. The number of aryl methyl sites for hydroxylation is 2. The summed E-state index contributed by atoms with van der Waals surface area (Å²) in [6.07, 6.45) is 0.841. The van der Waals surface area contributed by atoms with Crippen LogP contribution in [0.2, 0.25) is 0 Å². The van der Waals surface area contributed by atoms with E-state index in [9.17, 15) is 23.1 Å². The number of ether oxygens (including phenoxy) is 1. The van der Waals surface area contributed by atoms with Gasteiger partial charge in [0.05, 0.1) is 7.11 Å². The van der Waals surface area contributed by atoms with Crippen LogP contribution in [0.4, 0.5) is 0 Å². The van der Waals surface area contributed by atoms with E-state index in [2.05, 4.69) is 0 Å². The van der Waals surface area contributed by atoms with E-state index in [-0.39, 0.29) is 23.5 Å². The van der Waals surface area contributed by atoms with E-state index in [0.29, 0.717) is 17.5 Å². The zero-order chi connectivity index (χ0) is 17.4. The number of benzene rings is 1. The minimum atomic E-state index is -4.23. The van der Waals surface area contributed by atoms with Gasteiger partial charge < -0.3 is 9.84 Å². The number of amides is 1. The fraction of sp³-hybridized carbons (Fsp3) is 0.467. The van der Waals surface area contributed by atoms with Crippen LogP contribution >= 0.6 is 0 Å². The van der Waals surface area contributed by atoms with Crippen LogP contribution in [0.15, 0.2) is 17.0 Å². The Hall–Kier alpha value is -2.09. The first-order valence-corrected chi connectivity index (χ1v) is 8.58. The summed E-state index contributed by atoms with van der Waals surface area (Å²) in [7, 11) is -2.89. The third-order valence-electron chi connectivity index (χ3n) is 4.16. The van der Waals surface area contributed by atoms with Crippen molar-refractivity contribution in [3.05, 3.63) is 23.3 Å². The number of nitrogens with one attached hydrogen (secondary N) is 1. The van der Waals surface area contributed by atoms with Gasteiger partial charge in [-0.05, 0) is 43.9 Å². The SMILES string of the molecule is COc1c(C)cc(C)cc1S(=O)(=O)NC(=O)C1(C(=O)O)CCC1.